The van der Waals surface area contributed by atoms with Crippen molar-refractivity contribution in [3.8, 4) is 0 Å². The fraction of sp³-hybridized carbons (Fsp3) is 0.458. The van der Waals surface area contributed by atoms with Crippen LogP contribution < -0.4 is 16.4 Å². The minimum absolute atomic E-state index is 0.117. The number of ether oxygens (including phenoxy) is 1. The molecule has 4 aromatic heterocycles. The highest BCUT2D eigenvalue weighted by molar-refractivity contribution is 7.99. The summed E-state index contributed by atoms with van der Waals surface area (Å²) in [5.74, 6) is 1.87. The minimum Gasteiger partial charge on any atom is -0.382 e. The SMILES string of the molecule is CCc1[nH]c2nc(Sc3cnc4c(N)nc(CN5CCOCC5)nc4c3)nc(N3CC[C@H](N)C3)c2c1Cl. The number of H-pyrrole nitrogens is 1. The normalized spacial score (nSPS) is 18.9. The van der Waals surface area contributed by atoms with Gasteiger partial charge in [-0.3, -0.25) is 4.90 Å². The van der Waals surface area contributed by atoms with E-state index in [1.165, 1.54) is 11.8 Å². The van der Waals surface area contributed by atoms with Crippen LogP contribution in [0.3, 0.4) is 0 Å². The van der Waals surface area contributed by atoms with Crippen LogP contribution >= 0.6 is 23.4 Å². The summed E-state index contributed by atoms with van der Waals surface area (Å²) in [6.07, 6.45) is 3.45. The van der Waals surface area contributed by atoms with Gasteiger partial charge in [-0.2, -0.15) is 0 Å². The van der Waals surface area contributed by atoms with Gasteiger partial charge in [0.1, 0.15) is 22.8 Å². The number of aryl methyl sites for hydroxylation is 1. The highest BCUT2D eigenvalue weighted by Crippen LogP contribution is 2.37. The molecule has 2 aliphatic rings. The van der Waals surface area contributed by atoms with E-state index < -0.39 is 0 Å². The van der Waals surface area contributed by atoms with Gasteiger partial charge in [0.2, 0.25) is 0 Å². The number of nitrogen functional groups attached to an aromatic ring is 1. The molecule has 0 bridgehead atoms. The van der Waals surface area contributed by atoms with E-state index in [1.54, 1.807) is 6.20 Å². The van der Waals surface area contributed by atoms with Gasteiger partial charge in [-0.25, -0.2) is 24.9 Å². The van der Waals surface area contributed by atoms with E-state index >= 15 is 0 Å². The van der Waals surface area contributed by atoms with Gasteiger partial charge in [-0.05, 0) is 30.7 Å². The zero-order valence-corrected chi connectivity index (χ0v) is 22.1. The Hall–Kier alpha value is -2.77. The molecule has 0 spiro atoms. The van der Waals surface area contributed by atoms with E-state index in [2.05, 4.69) is 31.7 Å². The van der Waals surface area contributed by atoms with Crippen LogP contribution in [0, 0.1) is 0 Å². The monoisotopic (exact) mass is 540 g/mol. The maximum Gasteiger partial charge on any atom is 0.196 e. The third-order valence-electron chi connectivity index (χ3n) is 6.76. The number of hydrogen-bond acceptors (Lipinski definition) is 11. The van der Waals surface area contributed by atoms with Crippen LogP contribution in [0.15, 0.2) is 22.3 Å². The molecule has 37 heavy (non-hydrogen) atoms. The van der Waals surface area contributed by atoms with Gasteiger partial charge < -0.3 is 26.1 Å². The zero-order valence-electron chi connectivity index (χ0n) is 20.6. The molecule has 0 amide bonds. The van der Waals surface area contributed by atoms with E-state index in [-0.39, 0.29) is 6.04 Å². The smallest absolute Gasteiger partial charge is 0.196 e. The lowest BCUT2D eigenvalue weighted by Crippen LogP contribution is -2.36. The molecule has 0 aliphatic carbocycles. The first-order valence-corrected chi connectivity index (χ1v) is 13.7. The fourth-order valence-electron chi connectivity index (χ4n) is 4.83. The lowest BCUT2D eigenvalue weighted by atomic mass is 10.3. The molecule has 2 saturated heterocycles. The van der Waals surface area contributed by atoms with E-state index in [9.17, 15) is 0 Å². The van der Waals surface area contributed by atoms with Gasteiger partial charge in [0.25, 0.3) is 0 Å². The van der Waals surface area contributed by atoms with E-state index in [4.69, 9.17) is 42.8 Å². The molecule has 4 aromatic rings. The van der Waals surface area contributed by atoms with Crippen molar-refractivity contribution in [1.29, 1.82) is 0 Å². The Morgan fingerprint density at radius 2 is 2.03 bits per heavy atom. The second-order valence-corrected chi connectivity index (χ2v) is 10.8. The second-order valence-electron chi connectivity index (χ2n) is 9.37. The van der Waals surface area contributed by atoms with Crippen molar-refractivity contribution in [3.05, 3.63) is 28.8 Å². The molecule has 11 nitrogen and oxygen atoms in total. The van der Waals surface area contributed by atoms with Gasteiger partial charge in [-0.15, -0.1) is 0 Å². The summed E-state index contributed by atoms with van der Waals surface area (Å²) in [4.78, 5) is 32.2. The number of pyridine rings is 1. The summed E-state index contributed by atoms with van der Waals surface area (Å²) >= 11 is 8.16. The van der Waals surface area contributed by atoms with Crippen LogP contribution in [-0.2, 0) is 17.7 Å². The lowest BCUT2D eigenvalue weighted by Gasteiger charge is -2.25. The van der Waals surface area contributed by atoms with Gasteiger partial charge in [0, 0.05) is 49.0 Å². The molecule has 0 aromatic carbocycles. The van der Waals surface area contributed by atoms with Crippen molar-refractivity contribution >= 4 is 57.1 Å². The first-order chi connectivity index (χ1) is 18.0. The molecular weight excluding hydrogens is 512 g/mol. The average molecular weight is 541 g/mol. The van der Waals surface area contributed by atoms with Crippen molar-refractivity contribution in [2.24, 2.45) is 5.73 Å². The number of aromatic nitrogens is 6. The number of hydrogen-bond donors (Lipinski definition) is 3. The van der Waals surface area contributed by atoms with E-state index in [0.29, 0.717) is 52.6 Å². The Labute approximate surface area is 223 Å². The van der Waals surface area contributed by atoms with E-state index in [1.807, 2.05) is 6.07 Å². The quantitative estimate of drug-likeness (QED) is 0.310. The predicted octanol–water partition coefficient (Wildman–Crippen LogP) is 2.61. The molecule has 6 rings (SSSR count). The molecule has 0 saturated carbocycles. The molecule has 1 atom stereocenters. The number of fused-ring (bicyclic) bond motifs is 2. The van der Waals surface area contributed by atoms with Crippen LogP contribution in [0.5, 0.6) is 0 Å². The first kappa shape index (κ1) is 24.6. The van der Waals surface area contributed by atoms with Crippen LogP contribution in [0.25, 0.3) is 22.1 Å². The molecule has 5 N–H and O–H groups in total. The van der Waals surface area contributed by atoms with Crippen LogP contribution in [-0.4, -0.2) is 80.2 Å². The molecule has 13 heteroatoms. The molecular formula is C24H29ClN10OS. The van der Waals surface area contributed by atoms with Crippen molar-refractivity contribution in [1.82, 2.24) is 34.8 Å². The summed E-state index contributed by atoms with van der Waals surface area (Å²) in [7, 11) is 0. The Kier molecular flexibility index (Phi) is 6.76. The summed E-state index contributed by atoms with van der Waals surface area (Å²) < 4.78 is 5.44. The molecule has 6 heterocycles. The third kappa shape index (κ3) is 4.91. The van der Waals surface area contributed by atoms with Crippen LogP contribution in [0.4, 0.5) is 11.6 Å². The maximum absolute atomic E-state index is 6.73. The number of halogens is 1. The van der Waals surface area contributed by atoms with Gasteiger partial charge in [0.15, 0.2) is 11.0 Å². The fourth-order valence-corrected chi connectivity index (χ4v) is 5.94. The van der Waals surface area contributed by atoms with E-state index in [0.717, 1.165) is 66.5 Å². The lowest BCUT2D eigenvalue weighted by molar-refractivity contribution is 0.0331. The van der Waals surface area contributed by atoms with Crippen molar-refractivity contribution in [2.75, 3.05) is 50.0 Å². The summed E-state index contributed by atoms with van der Waals surface area (Å²) in [6.45, 7) is 7.38. The number of anilines is 2. The topological polar surface area (TPSA) is 148 Å². The Bertz CT molecular complexity index is 1460. The molecule has 2 fully saturated rings. The van der Waals surface area contributed by atoms with Crippen molar-refractivity contribution in [2.45, 2.75) is 42.4 Å². The number of morpholine rings is 1. The van der Waals surface area contributed by atoms with Crippen LogP contribution in [0.1, 0.15) is 24.9 Å². The minimum atomic E-state index is 0.117. The first-order valence-electron chi connectivity index (χ1n) is 12.5. The van der Waals surface area contributed by atoms with Crippen molar-refractivity contribution in [3.63, 3.8) is 0 Å². The summed E-state index contributed by atoms with van der Waals surface area (Å²) in [6, 6.07) is 2.08. The standard InChI is InChI=1S/C24H29ClN10OS/c1-2-15-19(25)18-22(30-15)32-24(33-23(18)35-4-3-13(26)11-35)37-14-9-16-20(28-10-14)21(27)31-17(29-16)12-34-5-7-36-8-6-34/h9-10,13H,2-8,11-12,26H2,1H3,(H2,27,29,31)(H,30,32,33)/t13-/m0/s1. The zero-order chi connectivity index (χ0) is 25.5. The Morgan fingerprint density at radius 3 is 2.78 bits per heavy atom. The largest absolute Gasteiger partial charge is 0.382 e. The highest BCUT2D eigenvalue weighted by Gasteiger charge is 2.26. The number of rotatable bonds is 6. The van der Waals surface area contributed by atoms with Gasteiger partial charge >= 0.3 is 0 Å². The molecule has 0 unspecified atom stereocenters. The highest BCUT2D eigenvalue weighted by atomic mass is 35.5. The number of nitrogens with zero attached hydrogens (tertiary/aromatic N) is 7. The summed E-state index contributed by atoms with van der Waals surface area (Å²) in [5, 5.41) is 2.12. The molecule has 2 aliphatic heterocycles. The second kappa shape index (κ2) is 10.2. The predicted molar refractivity (Wildman–Crippen MR) is 145 cm³/mol. The molecule has 194 valence electrons. The average Bonchev–Trinajstić information content (AvgIpc) is 3.46. The number of aromatic amines is 1. The van der Waals surface area contributed by atoms with Gasteiger partial charge in [0.05, 0.1) is 35.7 Å². The Morgan fingerprint density at radius 1 is 1.19 bits per heavy atom. The number of nitrogens with one attached hydrogen (secondary N) is 1. The molecule has 0 radical (unpaired) electrons. The van der Waals surface area contributed by atoms with Gasteiger partial charge in [-0.1, -0.05) is 18.5 Å². The van der Waals surface area contributed by atoms with Crippen molar-refractivity contribution < 1.29 is 4.74 Å². The third-order valence-corrected chi connectivity index (χ3v) is 8.00. The van der Waals surface area contributed by atoms with Crippen LogP contribution in [0.2, 0.25) is 5.02 Å². The Balaban J connectivity index is 1.34. The number of nitrogens with two attached hydrogens (primary N) is 2. The maximum atomic E-state index is 6.73. The summed E-state index contributed by atoms with van der Waals surface area (Å²) in [5.41, 5.74) is 15.4.